The number of nitrogens with zero attached hydrogens (tertiary/aromatic N) is 1. The van der Waals surface area contributed by atoms with Gasteiger partial charge in [0.15, 0.2) is 6.04 Å². The Labute approximate surface area is 99.6 Å². The molecule has 0 aliphatic carbocycles. The van der Waals surface area contributed by atoms with Crippen molar-refractivity contribution in [2.45, 2.75) is 38.0 Å². The molecule has 7 nitrogen and oxygen atoms in total. The molecule has 1 aliphatic rings. The number of carboxylic acid groups (broad SMARTS) is 1. The third-order valence-corrected chi connectivity index (χ3v) is 2.77. The van der Waals surface area contributed by atoms with Gasteiger partial charge in [-0.05, 0) is 19.8 Å². The van der Waals surface area contributed by atoms with Crippen LogP contribution in [-0.2, 0) is 4.79 Å². The molecule has 0 spiro atoms. The van der Waals surface area contributed by atoms with Crippen molar-refractivity contribution in [3.63, 3.8) is 0 Å². The molecule has 1 fully saturated rings. The van der Waals surface area contributed by atoms with E-state index in [0.29, 0.717) is 13.1 Å². The number of piperidine rings is 1. The van der Waals surface area contributed by atoms with Crippen LogP contribution in [0.3, 0.4) is 0 Å². The van der Waals surface area contributed by atoms with Crippen LogP contribution in [-0.4, -0.2) is 58.4 Å². The Kier molecular flexibility index (Phi) is 4.71. The van der Waals surface area contributed by atoms with Crippen LogP contribution >= 0.6 is 0 Å². The van der Waals surface area contributed by atoms with Gasteiger partial charge in [0, 0.05) is 19.1 Å². The number of nitrogens with one attached hydrogen (secondary N) is 1. The number of hydrogen-bond acceptors (Lipinski definition) is 4. The minimum atomic E-state index is -1.29. The van der Waals surface area contributed by atoms with Gasteiger partial charge in [0.1, 0.15) is 0 Å². The first-order valence-electron chi connectivity index (χ1n) is 5.63. The predicted molar refractivity (Wildman–Crippen MR) is 60.4 cm³/mol. The number of hydrogen-bond donors (Lipinski definition) is 4. The second-order valence-corrected chi connectivity index (χ2v) is 4.35. The second-order valence-electron chi connectivity index (χ2n) is 4.35. The summed E-state index contributed by atoms with van der Waals surface area (Å²) in [5.74, 6) is -1.25. The molecule has 0 radical (unpaired) electrons. The Morgan fingerprint density at radius 2 is 2.18 bits per heavy atom. The van der Waals surface area contributed by atoms with Crippen LogP contribution in [0, 0.1) is 0 Å². The summed E-state index contributed by atoms with van der Waals surface area (Å²) >= 11 is 0. The lowest BCUT2D eigenvalue weighted by molar-refractivity contribution is -0.141. The van der Waals surface area contributed by atoms with Crippen LogP contribution in [0.2, 0.25) is 0 Å². The molecule has 0 aromatic heterocycles. The monoisotopic (exact) mass is 245 g/mol. The first-order valence-corrected chi connectivity index (χ1v) is 5.63. The van der Waals surface area contributed by atoms with Crippen LogP contribution < -0.4 is 11.1 Å². The molecule has 0 saturated carbocycles. The van der Waals surface area contributed by atoms with Gasteiger partial charge < -0.3 is 26.2 Å². The highest BCUT2D eigenvalue weighted by atomic mass is 16.4. The van der Waals surface area contributed by atoms with E-state index in [-0.39, 0.29) is 6.04 Å². The van der Waals surface area contributed by atoms with Gasteiger partial charge in [0.2, 0.25) is 0 Å². The maximum Gasteiger partial charge on any atom is 0.328 e. The molecule has 17 heavy (non-hydrogen) atoms. The van der Waals surface area contributed by atoms with Crippen molar-refractivity contribution >= 4 is 12.0 Å². The standard InChI is InChI=1S/C10H19N3O4/c1-6(14)8(9(15)16)12-10(17)13-4-2-3-7(11)5-13/h6-8,14H,2-5,11H2,1H3,(H,12,17)(H,15,16). The average Bonchev–Trinajstić information content (AvgIpc) is 2.24. The Bertz CT molecular complexity index is 295. The molecule has 0 aromatic rings. The summed E-state index contributed by atoms with van der Waals surface area (Å²) in [6.45, 7) is 2.30. The van der Waals surface area contributed by atoms with Crippen LogP contribution in [0.5, 0.6) is 0 Å². The number of carbonyl (C=O) groups is 2. The Morgan fingerprint density at radius 3 is 2.65 bits per heavy atom. The number of aliphatic carboxylic acids is 1. The maximum absolute atomic E-state index is 11.7. The third-order valence-electron chi connectivity index (χ3n) is 2.77. The third kappa shape index (κ3) is 3.86. The van der Waals surface area contributed by atoms with E-state index in [1.54, 1.807) is 0 Å². The number of nitrogens with two attached hydrogens (primary N) is 1. The SMILES string of the molecule is CC(O)C(NC(=O)N1CCCC(N)C1)C(=O)O. The fraction of sp³-hybridized carbons (Fsp3) is 0.800. The number of aliphatic hydroxyl groups excluding tert-OH is 1. The van der Waals surface area contributed by atoms with Crippen molar-refractivity contribution in [2.24, 2.45) is 5.73 Å². The summed E-state index contributed by atoms with van der Waals surface area (Å²) in [6.07, 6.45) is 0.527. The molecular weight excluding hydrogens is 226 g/mol. The first-order chi connectivity index (χ1) is 7.91. The van der Waals surface area contributed by atoms with Crippen molar-refractivity contribution < 1.29 is 19.8 Å². The molecule has 7 heteroatoms. The van der Waals surface area contributed by atoms with Crippen LogP contribution in [0.15, 0.2) is 0 Å². The van der Waals surface area contributed by atoms with E-state index in [9.17, 15) is 14.7 Å². The van der Waals surface area contributed by atoms with Crippen LogP contribution in [0.4, 0.5) is 4.79 Å². The smallest absolute Gasteiger partial charge is 0.328 e. The lowest BCUT2D eigenvalue weighted by atomic mass is 10.1. The first kappa shape index (κ1) is 13.7. The van der Waals surface area contributed by atoms with Gasteiger partial charge in [-0.2, -0.15) is 0 Å². The zero-order valence-corrected chi connectivity index (χ0v) is 9.80. The van der Waals surface area contributed by atoms with Gasteiger partial charge in [0.25, 0.3) is 0 Å². The van der Waals surface area contributed by atoms with Crippen molar-refractivity contribution in [2.75, 3.05) is 13.1 Å². The van der Waals surface area contributed by atoms with E-state index in [4.69, 9.17) is 10.8 Å². The lowest BCUT2D eigenvalue weighted by Gasteiger charge is -2.32. The number of rotatable bonds is 3. The zero-order chi connectivity index (χ0) is 13.0. The van der Waals surface area contributed by atoms with Gasteiger partial charge in [-0.1, -0.05) is 0 Å². The van der Waals surface area contributed by atoms with E-state index >= 15 is 0 Å². The summed E-state index contributed by atoms with van der Waals surface area (Å²) in [5.41, 5.74) is 5.73. The molecule has 5 N–H and O–H groups in total. The number of amides is 2. The summed E-state index contributed by atoms with van der Waals surface area (Å²) in [6, 6.07) is -1.85. The van der Waals surface area contributed by atoms with Crippen molar-refractivity contribution in [3.05, 3.63) is 0 Å². The van der Waals surface area contributed by atoms with Crippen LogP contribution in [0.25, 0.3) is 0 Å². The Morgan fingerprint density at radius 1 is 1.53 bits per heavy atom. The minimum Gasteiger partial charge on any atom is -0.480 e. The molecule has 1 heterocycles. The highest BCUT2D eigenvalue weighted by Crippen LogP contribution is 2.08. The highest BCUT2D eigenvalue weighted by Gasteiger charge is 2.28. The molecule has 2 amide bonds. The van der Waals surface area contributed by atoms with E-state index in [1.165, 1.54) is 11.8 Å². The molecular formula is C10H19N3O4. The number of urea groups is 1. The molecule has 3 unspecified atom stereocenters. The fourth-order valence-electron chi connectivity index (χ4n) is 1.81. The summed E-state index contributed by atoms with van der Waals surface area (Å²) < 4.78 is 0. The molecule has 98 valence electrons. The van der Waals surface area contributed by atoms with Gasteiger partial charge in [-0.25, -0.2) is 9.59 Å². The van der Waals surface area contributed by atoms with Gasteiger partial charge in [-0.3, -0.25) is 0 Å². The summed E-state index contributed by atoms with van der Waals surface area (Å²) in [7, 11) is 0. The molecule has 0 bridgehead atoms. The van der Waals surface area contributed by atoms with Gasteiger partial charge in [0.05, 0.1) is 6.10 Å². The minimum absolute atomic E-state index is 0.0654. The Balaban J connectivity index is 2.54. The molecule has 1 aliphatic heterocycles. The number of carbonyl (C=O) groups excluding carboxylic acids is 1. The van der Waals surface area contributed by atoms with E-state index < -0.39 is 24.1 Å². The molecule has 1 saturated heterocycles. The normalized spacial score (nSPS) is 23.9. The number of carboxylic acids is 1. The molecule has 3 atom stereocenters. The number of aliphatic hydroxyl groups is 1. The lowest BCUT2D eigenvalue weighted by Crippen LogP contribution is -2.55. The predicted octanol–water partition coefficient (Wildman–Crippen LogP) is -1.05. The zero-order valence-electron chi connectivity index (χ0n) is 9.80. The quantitative estimate of drug-likeness (QED) is 0.506. The molecule has 0 aromatic carbocycles. The van der Waals surface area contributed by atoms with E-state index in [2.05, 4.69) is 5.32 Å². The second kappa shape index (κ2) is 5.83. The Hall–Kier alpha value is -1.34. The van der Waals surface area contributed by atoms with Crippen molar-refractivity contribution in [3.8, 4) is 0 Å². The van der Waals surface area contributed by atoms with Crippen molar-refractivity contribution in [1.82, 2.24) is 10.2 Å². The average molecular weight is 245 g/mol. The highest BCUT2D eigenvalue weighted by molar-refractivity contribution is 5.83. The summed E-state index contributed by atoms with van der Waals surface area (Å²) in [4.78, 5) is 24.0. The number of likely N-dealkylation sites (tertiary alicyclic amines) is 1. The van der Waals surface area contributed by atoms with E-state index in [0.717, 1.165) is 12.8 Å². The summed E-state index contributed by atoms with van der Waals surface area (Å²) in [5, 5.41) is 20.4. The van der Waals surface area contributed by atoms with E-state index in [1.807, 2.05) is 0 Å². The largest absolute Gasteiger partial charge is 0.480 e. The molecule has 1 rings (SSSR count). The topological polar surface area (TPSA) is 116 Å². The van der Waals surface area contributed by atoms with Crippen molar-refractivity contribution in [1.29, 1.82) is 0 Å². The van der Waals surface area contributed by atoms with Crippen LogP contribution in [0.1, 0.15) is 19.8 Å². The van der Waals surface area contributed by atoms with Gasteiger partial charge >= 0.3 is 12.0 Å². The fourth-order valence-corrected chi connectivity index (χ4v) is 1.81. The maximum atomic E-state index is 11.7. The van der Waals surface area contributed by atoms with Gasteiger partial charge in [-0.15, -0.1) is 0 Å².